The number of halogens is 3. The van der Waals surface area contributed by atoms with E-state index in [1.54, 1.807) is 29.9 Å². The van der Waals surface area contributed by atoms with Gasteiger partial charge in [-0.25, -0.2) is 14.6 Å². The summed E-state index contributed by atoms with van der Waals surface area (Å²) in [4.78, 5) is 33.1. The number of aromatic nitrogens is 6. The Morgan fingerprint density at radius 2 is 1.85 bits per heavy atom. The summed E-state index contributed by atoms with van der Waals surface area (Å²) in [5.41, 5.74) is 3.64. The van der Waals surface area contributed by atoms with E-state index >= 15 is 0 Å². The van der Waals surface area contributed by atoms with E-state index in [-0.39, 0.29) is 24.0 Å². The van der Waals surface area contributed by atoms with Gasteiger partial charge in [0.2, 0.25) is 0 Å². The van der Waals surface area contributed by atoms with Crippen LogP contribution in [-0.4, -0.2) is 42.0 Å². The maximum Gasteiger partial charge on any atom is 0.425 e. The Morgan fingerprint density at radius 3 is 2.61 bits per heavy atom. The van der Waals surface area contributed by atoms with Gasteiger partial charge in [-0.05, 0) is 63.5 Å². The highest BCUT2D eigenvalue weighted by Gasteiger charge is 2.32. The molecule has 0 bridgehead atoms. The first kappa shape index (κ1) is 26.5. The fourth-order valence-corrected chi connectivity index (χ4v) is 5.81. The summed E-state index contributed by atoms with van der Waals surface area (Å²) in [5.74, 6) is -0.333. The third-order valence-corrected chi connectivity index (χ3v) is 8.00. The maximum absolute atomic E-state index is 13.0. The molecule has 41 heavy (non-hydrogen) atoms. The fraction of sp³-hybridized carbons (Fsp3) is 0.222. The van der Waals surface area contributed by atoms with Crippen LogP contribution < -0.4 is 10.6 Å². The summed E-state index contributed by atoms with van der Waals surface area (Å²) in [6, 6.07) is 12.9. The number of nitrogens with zero attached hydrogens (tertiary/aromatic N) is 6. The molecule has 1 atom stereocenters. The number of amides is 2. The minimum atomic E-state index is -4.41. The number of hydrogen-bond acceptors (Lipinski definition) is 8. The number of thiophene rings is 1. The molecule has 2 N–H and O–H groups in total. The lowest BCUT2D eigenvalue weighted by Gasteiger charge is -2.14. The van der Waals surface area contributed by atoms with E-state index in [1.807, 2.05) is 18.2 Å². The Kier molecular flexibility index (Phi) is 6.69. The molecule has 1 aliphatic carbocycles. The summed E-state index contributed by atoms with van der Waals surface area (Å²) in [5, 5.41) is 17.7. The molecular formula is C27H21F3N8O2S. The summed E-state index contributed by atoms with van der Waals surface area (Å²) >= 11 is 0.652. The largest absolute Gasteiger partial charge is 0.425 e. The fourth-order valence-electron chi connectivity index (χ4n) is 4.82. The molecule has 2 aromatic carbocycles. The molecular weight excluding hydrogens is 557 g/mol. The third kappa shape index (κ3) is 5.37. The van der Waals surface area contributed by atoms with Gasteiger partial charge in [0.05, 0.1) is 6.04 Å². The van der Waals surface area contributed by atoms with Crippen molar-refractivity contribution in [2.24, 2.45) is 7.05 Å². The van der Waals surface area contributed by atoms with E-state index in [0.29, 0.717) is 39.2 Å². The molecule has 208 valence electrons. The van der Waals surface area contributed by atoms with Crippen LogP contribution in [0.1, 0.15) is 55.0 Å². The monoisotopic (exact) mass is 578 g/mol. The topological polar surface area (TPSA) is 128 Å². The molecule has 3 heterocycles. The van der Waals surface area contributed by atoms with Gasteiger partial charge < -0.3 is 10.6 Å². The zero-order chi connectivity index (χ0) is 28.7. The molecule has 0 saturated carbocycles. The van der Waals surface area contributed by atoms with Crippen LogP contribution in [0.5, 0.6) is 0 Å². The summed E-state index contributed by atoms with van der Waals surface area (Å²) < 4.78 is 41.1. The van der Waals surface area contributed by atoms with Gasteiger partial charge in [-0.2, -0.15) is 13.2 Å². The predicted octanol–water partition coefficient (Wildman–Crippen LogP) is 4.25. The Labute approximate surface area is 234 Å². The van der Waals surface area contributed by atoms with Crippen molar-refractivity contribution in [3.05, 3.63) is 87.8 Å². The molecule has 0 spiro atoms. The minimum absolute atomic E-state index is 0.00420. The average molecular weight is 579 g/mol. The molecule has 0 saturated heterocycles. The predicted molar refractivity (Wildman–Crippen MR) is 143 cm³/mol. The molecule has 5 aromatic rings. The summed E-state index contributed by atoms with van der Waals surface area (Å²) in [7, 11) is 1.77. The van der Waals surface area contributed by atoms with Gasteiger partial charge >= 0.3 is 6.18 Å². The smallest absolute Gasteiger partial charge is 0.347 e. The van der Waals surface area contributed by atoms with Crippen molar-refractivity contribution in [2.75, 3.05) is 0 Å². The number of rotatable bonds is 6. The van der Waals surface area contributed by atoms with Crippen LogP contribution in [0.4, 0.5) is 13.2 Å². The number of tetrazole rings is 1. The number of carbonyl (C=O) groups excluding carboxylic acids is 2. The first-order valence-electron chi connectivity index (χ1n) is 12.5. The van der Waals surface area contributed by atoms with Crippen molar-refractivity contribution in [2.45, 2.75) is 31.6 Å². The first-order valence-corrected chi connectivity index (χ1v) is 13.3. The van der Waals surface area contributed by atoms with Crippen molar-refractivity contribution in [1.82, 2.24) is 40.8 Å². The second kappa shape index (κ2) is 10.4. The number of alkyl halides is 3. The molecule has 2 amide bonds. The lowest BCUT2D eigenvalue weighted by Crippen LogP contribution is -2.29. The van der Waals surface area contributed by atoms with Crippen molar-refractivity contribution in [1.29, 1.82) is 0 Å². The van der Waals surface area contributed by atoms with Crippen LogP contribution in [0.3, 0.4) is 0 Å². The van der Waals surface area contributed by atoms with Crippen molar-refractivity contribution in [3.8, 4) is 11.4 Å². The number of fused-ring (bicyclic) bond motifs is 2. The first-order chi connectivity index (χ1) is 19.7. The van der Waals surface area contributed by atoms with Gasteiger partial charge in [0.15, 0.2) is 5.82 Å². The molecule has 0 fully saturated rings. The molecule has 0 radical (unpaired) electrons. The molecule has 6 rings (SSSR count). The van der Waals surface area contributed by atoms with Gasteiger partial charge in [0, 0.05) is 29.9 Å². The SMILES string of the molecule is Cn1nnnc1-c1ccc2c(c1)CC[C@@H]2NC(=O)c1cc(C(=O)NCc2ccc3cc(C(F)(F)F)sc3c2)ncn1. The molecule has 0 aliphatic heterocycles. The highest BCUT2D eigenvalue weighted by molar-refractivity contribution is 7.19. The van der Waals surface area contributed by atoms with Crippen molar-refractivity contribution in [3.63, 3.8) is 0 Å². The number of carbonyl (C=O) groups is 2. The second-order valence-electron chi connectivity index (χ2n) is 9.56. The van der Waals surface area contributed by atoms with Gasteiger partial charge in [0.25, 0.3) is 11.8 Å². The van der Waals surface area contributed by atoms with Gasteiger partial charge in [-0.3, -0.25) is 9.59 Å². The Hall–Kier alpha value is -4.72. The Bertz CT molecular complexity index is 1800. The van der Waals surface area contributed by atoms with Crippen LogP contribution in [0.15, 0.2) is 54.9 Å². The number of aryl methyl sites for hydroxylation is 2. The van der Waals surface area contributed by atoms with Crippen molar-refractivity contribution < 1.29 is 22.8 Å². The number of hydrogen-bond donors (Lipinski definition) is 2. The van der Waals surface area contributed by atoms with Crippen LogP contribution >= 0.6 is 11.3 Å². The van der Waals surface area contributed by atoms with E-state index in [0.717, 1.165) is 35.5 Å². The minimum Gasteiger partial charge on any atom is -0.347 e. The highest BCUT2D eigenvalue weighted by Crippen LogP contribution is 2.38. The lowest BCUT2D eigenvalue weighted by atomic mass is 10.0. The molecule has 14 heteroatoms. The second-order valence-corrected chi connectivity index (χ2v) is 10.6. The molecule has 10 nitrogen and oxygen atoms in total. The Morgan fingerprint density at radius 1 is 1.05 bits per heavy atom. The van der Waals surface area contributed by atoms with Gasteiger partial charge in [-0.15, -0.1) is 16.4 Å². The maximum atomic E-state index is 13.0. The zero-order valence-electron chi connectivity index (χ0n) is 21.4. The molecule has 1 aliphatic rings. The molecule has 3 aromatic heterocycles. The zero-order valence-corrected chi connectivity index (χ0v) is 22.3. The lowest BCUT2D eigenvalue weighted by molar-refractivity contribution is -0.134. The quantitative estimate of drug-likeness (QED) is 0.308. The molecule has 0 unspecified atom stereocenters. The summed E-state index contributed by atoms with van der Waals surface area (Å²) in [6.07, 6.45) is -1.79. The highest BCUT2D eigenvalue weighted by atomic mass is 32.1. The average Bonchev–Trinajstić information content (AvgIpc) is 3.69. The van der Waals surface area contributed by atoms with E-state index < -0.39 is 22.9 Å². The summed E-state index contributed by atoms with van der Waals surface area (Å²) in [6.45, 7) is 0.0742. The van der Waals surface area contributed by atoms with Crippen LogP contribution in [0.2, 0.25) is 0 Å². The normalized spacial score (nSPS) is 14.7. The third-order valence-electron chi connectivity index (χ3n) is 6.85. The van der Waals surface area contributed by atoms with E-state index in [2.05, 4.69) is 36.1 Å². The van der Waals surface area contributed by atoms with E-state index in [4.69, 9.17) is 0 Å². The number of benzene rings is 2. The van der Waals surface area contributed by atoms with Crippen LogP contribution in [0.25, 0.3) is 21.5 Å². The van der Waals surface area contributed by atoms with Crippen LogP contribution in [0, 0.1) is 0 Å². The van der Waals surface area contributed by atoms with E-state index in [9.17, 15) is 22.8 Å². The Balaban J connectivity index is 1.10. The van der Waals surface area contributed by atoms with Gasteiger partial charge in [0.1, 0.15) is 22.6 Å². The van der Waals surface area contributed by atoms with Crippen LogP contribution in [-0.2, 0) is 26.2 Å². The number of nitrogens with one attached hydrogen (secondary N) is 2. The van der Waals surface area contributed by atoms with E-state index in [1.165, 1.54) is 6.07 Å². The van der Waals surface area contributed by atoms with Crippen molar-refractivity contribution >= 4 is 33.2 Å². The van der Waals surface area contributed by atoms with Gasteiger partial charge in [-0.1, -0.05) is 24.3 Å². The standard InChI is InChI=1S/C27H21F3N8O2S/c1-38-24(35-36-37-38)17-4-6-18-15(9-17)5-7-19(18)34-26(40)21-11-20(32-13-33-21)25(39)31-12-14-2-3-16-10-23(27(28,29)30)41-22(16)8-14/h2-4,6,8-11,13,19H,5,7,12H2,1H3,(H,31,39)(H,34,40)/t19-/m0/s1.